The van der Waals surface area contributed by atoms with E-state index >= 15 is 0 Å². The fourth-order valence-electron chi connectivity index (χ4n) is 1.86. The van der Waals surface area contributed by atoms with Gasteiger partial charge in [0.05, 0.1) is 17.2 Å². The Kier molecular flexibility index (Phi) is 4.99. The zero-order chi connectivity index (χ0) is 14.8. The van der Waals surface area contributed by atoms with Crippen molar-refractivity contribution in [3.63, 3.8) is 0 Å². The molecule has 0 saturated heterocycles. The van der Waals surface area contributed by atoms with Crippen LogP contribution in [0.5, 0.6) is 0 Å². The number of fused-ring (bicyclic) bond motifs is 2. The molecular formula is C14H9I3N4. The van der Waals surface area contributed by atoms with Crippen LogP contribution in [0.25, 0.3) is 21.8 Å². The van der Waals surface area contributed by atoms with Crippen LogP contribution in [-0.2, 0) is 0 Å². The van der Waals surface area contributed by atoms with Gasteiger partial charge in [-0.15, -0.1) is 0 Å². The summed E-state index contributed by atoms with van der Waals surface area (Å²) in [5.41, 5.74) is 2.15. The van der Waals surface area contributed by atoms with Gasteiger partial charge in [-0.05, 0) is 98.1 Å². The molecule has 2 aromatic carbocycles. The number of halogens is 3. The minimum absolute atomic E-state index is 1.04. The number of benzene rings is 2. The lowest BCUT2D eigenvalue weighted by molar-refractivity contribution is 1.09. The van der Waals surface area contributed by atoms with E-state index in [9.17, 15) is 0 Å². The average molecular weight is 614 g/mol. The van der Waals surface area contributed by atoms with Gasteiger partial charge in [0.15, 0.2) is 0 Å². The van der Waals surface area contributed by atoms with Crippen LogP contribution in [0.3, 0.4) is 0 Å². The topological polar surface area (TPSA) is 57.4 Å². The van der Waals surface area contributed by atoms with Crippen LogP contribution in [0.2, 0.25) is 0 Å². The summed E-state index contributed by atoms with van der Waals surface area (Å²) in [4.78, 5) is 0. The Morgan fingerprint density at radius 2 is 1.62 bits per heavy atom. The monoisotopic (exact) mass is 614 g/mol. The summed E-state index contributed by atoms with van der Waals surface area (Å²) >= 11 is 6.80. The number of aromatic nitrogens is 4. The van der Waals surface area contributed by atoms with Gasteiger partial charge in [-0.2, -0.15) is 10.2 Å². The van der Waals surface area contributed by atoms with Crippen molar-refractivity contribution in [2.45, 2.75) is 0 Å². The SMILES string of the molecule is Ic1ccc2c(I)[nH]nc2c1.Ic1ccc2cn[nH]c2c1. The predicted molar refractivity (Wildman–Crippen MR) is 110 cm³/mol. The van der Waals surface area contributed by atoms with Crippen LogP contribution in [0.15, 0.2) is 42.6 Å². The van der Waals surface area contributed by atoms with Crippen molar-refractivity contribution in [3.05, 3.63) is 53.4 Å². The zero-order valence-corrected chi connectivity index (χ0v) is 17.0. The molecule has 0 bridgehead atoms. The van der Waals surface area contributed by atoms with Crippen LogP contribution in [0, 0.1) is 10.8 Å². The van der Waals surface area contributed by atoms with Crippen molar-refractivity contribution in [3.8, 4) is 0 Å². The molecule has 0 unspecified atom stereocenters. The smallest absolute Gasteiger partial charge is 0.104 e. The van der Waals surface area contributed by atoms with E-state index < -0.39 is 0 Å². The summed E-state index contributed by atoms with van der Waals surface area (Å²) in [5.74, 6) is 0. The molecule has 106 valence electrons. The largest absolute Gasteiger partial charge is 0.278 e. The summed E-state index contributed by atoms with van der Waals surface area (Å²) in [6, 6.07) is 12.4. The third-order valence-corrected chi connectivity index (χ3v) is 5.04. The molecule has 0 radical (unpaired) electrons. The van der Waals surface area contributed by atoms with Gasteiger partial charge >= 0.3 is 0 Å². The normalized spacial score (nSPS) is 10.6. The number of H-pyrrole nitrogens is 2. The summed E-state index contributed by atoms with van der Waals surface area (Å²) in [6.45, 7) is 0. The third kappa shape index (κ3) is 3.67. The lowest BCUT2D eigenvalue weighted by Crippen LogP contribution is -1.71. The Balaban J connectivity index is 0.000000126. The summed E-state index contributed by atoms with van der Waals surface area (Å²) in [5, 5.41) is 16.3. The molecule has 2 aromatic heterocycles. The van der Waals surface area contributed by atoms with Gasteiger partial charge < -0.3 is 0 Å². The molecule has 4 nitrogen and oxygen atoms in total. The molecule has 4 rings (SSSR count). The van der Waals surface area contributed by atoms with Crippen molar-refractivity contribution in [2.24, 2.45) is 0 Å². The van der Waals surface area contributed by atoms with Crippen LogP contribution in [0.4, 0.5) is 0 Å². The van der Waals surface area contributed by atoms with Crippen molar-refractivity contribution in [1.82, 2.24) is 20.4 Å². The maximum Gasteiger partial charge on any atom is 0.104 e. The second-order valence-corrected chi connectivity index (χ2v) is 7.87. The average Bonchev–Trinajstić information content (AvgIpc) is 3.06. The molecule has 0 atom stereocenters. The first-order valence-corrected chi connectivity index (χ1v) is 9.25. The maximum atomic E-state index is 4.14. The first-order chi connectivity index (χ1) is 10.1. The fourth-order valence-corrected chi connectivity index (χ4v) is 3.40. The molecule has 2 heterocycles. The molecule has 4 aromatic rings. The lowest BCUT2D eigenvalue weighted by Gasteiger charge is -1.88. The van der Waals surface area contributed by atoms with E-state index in [4.69, 9.17) is 0 Å². The summed E-state index contributed by atoms with van der Waals surface area (Å²) < 4.78 is 3.56. The van der Waals surface area contributed by atoms with E-state index in [0.29, 0.717) is 0 Å². The number of rotatable bonds is 0. The van der Waals surface area contributed by atoms with Gasteiger partial charge in [-0.3, -0.25) is 10.2 Å². The van der Waals surface area contributed by atoms with Gasteiger partial charge in [-0.25, -0.2) is 0 Å². The molecular weight excluding hydrogens is 605 g/mol. The summed E-state index contributed by atoms with van der Waals surface area (Å²) in [7, 11) is 0. The Morgan fingerprint density at radius 3 is 2.48 bits per heavy atom. The van der Waals surface area contributed by atoms with E-state index in [1.807, 2.05) is 6.20 Å². The third-order valence-electron chi connectivity index (χ3n) is 2.87. The molecule has 0 amide bonds. The van der Waals surface area contributed by atoms with Gasteiger partial charge in [0.25, 0.3) is 0 Å². The number of nitrogens with one attached hydrogen (secondary N) is 2. The van der Waals surface area contributed by atoms with E-state index in [0.717, 1.165) is 14.7 Å². The van der Waals surface area contributed by atoms with Crippen molar-refractivity contribution >= 4 is 89.6 Å². The van der Waals surface area contributed by atoms with Crippen molar-refractivity contribution < 1.29 is 0 Å². The molecule has 0 aliphatic heterocycles. The second kappa shape index (κ2) is 6.77. The Bertz CT molecular complexity index is 897. The minimum atomic E-state index is 1.04. The Hall–Kier alpha value is -0.430. The molecule has 0 aliphatic carbocycles. The molecule has 0 spiro atoms. The highest BCUT2D eigenvalue weighted by atomic mass is 127. The van der Waals surface area contributed by atoms with E-state index in [-0.39, 0.29) is 0 Å². The van der Waals surface area contributed by atoms with Crippen molar-refractivity contribution in [1.29, 1.82) is 0 Å². The lowest BCUT2D eigenvalue weighted by atomic mass is 10.3. The maximum absolute atomic E-state index is 4.14. The predicted octanol–water partition coefficient (Wildman–Crippen LogP) is 4.94. The number of aromatic amines is 2. The first-order valence-electron chi connectivity index (χ1n) is 6.01. The Morgan fingerprint density at radius 1 is 0.857 bits per heavy atom. The van der Waals surface area contributed by atoms with Crippen molar-refractivity contribution in [2.75, 3.05) is 0 Å². The molecule has 0 saturated carbocycles. The molecule has 21 heavy (non-hydrogen) atoms. The van der Waals surface area contributed by atoms with Gasteiger partial charge in [0, 0.05) is 17.9 Å². The second-order valence-electron chi connectivity index (χ2n) is 4.30. The number of hydrogen-bond donors (Lipinski definition) is 2. The molecule has 2 N–H and O–H groups in total. The standard InChI is InChI=1S/C7H4I2N2.C7H5IN2/c8-4-1-2-5-6(3-4)10-11-7(5)9;8-6-2-1-5-4-9-10-7(5)3-6/h1-3H,(H,10,11);1-4H,(H,9,10). The van der Waals surface area contributed by atoms with Gasteiger partial charge in [0.2, 0.25) is 0 Å². The van der Waals surface area contributed by atoms with Crippen LogP contribution in [0.1, 0.15) is 0 Å². The number of hydrogen-bond acceptors (Lipinski definition) is 2. The highest BCUT2D eigenvalue weighted by Crippen LogP contribution is 2.19. The quantitative estimate of drug-likeness (QED) is 0.276. The minimum Gasteiger partial charge on any atom is -0.278 e. The van der Waals surface area contributed by atoms with Crippen LogP contribution < -0.4 is 0 Å². The van der Waals surface area contributed by atoms with Gasteiger partial charge in [0.1, 0.15) is 3.70 Å². The number of nitrogens with zero attached hydrogens (tertiary/aromatic N) is 2. The molecule has 0 aliphatic rings. The fraction of sp³-hybridized carbons (Fsp3) is 0. The molecule has 7 heteroatoms. The van der Waals surface area contributed by atoms with Crippen LogP contribution in [-0.4, -0.2) is 20.4 Å². The molecule has 0 fully saturated rings. The Labute approximate surface area is 161 Å². The van der Waals surface area contributed by atoms with E-state index in [2.05, 4.69) is 125 Å². The first kappa shape index (κ1) is 15.5. The van der Waals surface area contributed by atoms with E-state index in [1.165, 1.54) is 17.9 Å². The highest BCUT2D eigenvalue weighted by molar-refractivity contribution is 14.1. The summed E-state index contributed by atoms with van der Waals surface area (Å²) in [6.07, 6.45) is 1.82. The van der Waals surface area contributed by atoms with E-state index in [1.54, 1.807) is 0 Å². The highest BCUT2D eigenvalue weighted by Gasteiger charge is 2.00. The van der Waals surface area contributed by atoms with Crippen LogP contribution >= 0.6 is 67.8 Å². The zero-order valence-electron chi connectivity index (χ0n) is 10.6. The van der Waals surface area contributed by atoms with Gasteiger partial charge in [-0.1, -0.05) is 6.07 Å².